The molecule has 0 rings (SSSR count). The number of hydrogen-bond donors (Lipinski definition) is 0. The highest BCUT2D eigenvalue weighted by Crippen LogP contribution is 1.93. The van der Waals surface area contributed by atoms with Gasteiger partial charge in [0.2, 0.25) is 0 Å². The minimum Gasteiger partial charge on any atom is -0.373 e. The Labute approximate surface area is 82.0 Å². The fourth-order valence-electron chi connectivity index (χ4n) is 1.39. The quantitative estimate of drug-likeness (QED) is 0.286. The van der Waals surface area contributed by atoms with Gasteiger partial charge in [-0.3, -0.25) is 4.91 Å². The minimum absolute atomic E-state index is 0.954. The first-order valence-electron chi connectivity index (χ1n) is 3.86. The van der Waals surface area contributed by atoms with Crippen molar-refractivity contribution >= 4 is 9.28 Å². The van der Waals surface area contributed by atoms with Gasteiger partial charge in [0.25, 0.3) is 9.28 Å². The highest BCUT2D eigenvalue weighted by molar-refractivity contribution is 6.49. The van der Waals surface area contributed by atoms with E-state index in [1.54, 1.807) is 0 Å². The van der Waals surface area contributed by atoms with Gasteiger partial charge in [-0.1, -0.05) is 0 Å². The first kappa shape index (κ1) is 14.9. The average Bonchev–Trinajstić information content (AvgIpc) is 1.84. The summed E-state index contributed by atoms with van der Waals surface area (Å²) in [6.07, 6.45) is 0. The second-order valence-corrected chi connectivity index (χ2v) is 7.12. The molecule has 13 heavy (non-hydrogen) atoms. The summed E-state index contributed by atoms with van der Waals surface area (Å²) in [4.78, 5) is 1.50. The van der Waals surface area contributed by atoms with E-state index in [1.807, 2.05) is 0 Å². The van der Waals surface area contributed by atoms with Crippen molar-refractivity contribution in [3.05, 3.63) is 16.0 Å². The summed E-state index contributed by atoms with van der Waals surface area (Å²) in [5.74, 6) is 0. The van der Waals surface area contributed by atoms with Crippen molar-refractivity contribution in [2.75, 3.05) is 42.3 Å². The van der Waals surface area contributed by atoms with Gasteiger partial charge in [0, 0.05) is 0 Å². The predicted molar refractivity (Wildman–Crippen MR) is 58.3 cm³/mol. The van der Waals surface area contributed by atoms with Gasteiger partial charge < -0.3 is 24.8 Å². The SMILES string of the molecule is CN(C)[SiH](N(C)C)N(C)C.[N-]=[N+]=[N-]. The summed E-state index contributed by atoms with van der Waals surface area (Å²) in [5.41, 5.74) is 13.5. The van der Waals surface area contributed by atoms with Crippen LogP contribution in [0.5, 0.6) is 0 Å². The van der Waals surface area contributed by atoms with Crippen molar-refractivity contribution in [3.63, 3.8) is 0 Å². The number of rotatable bonds is 3. The monoisotopic (exact) mass is 203 g/mol. The van der Waals surface area contributed by atoms with Crippen LogP contribution in [0.1, 0.15) is 0 Å². The first-order chi connectivity index (χ1) is 5.88. The molecule has 0 saturated carbocycles. The second kappa shape index (κ2) is 8.03. The summed E-state index contributed by atoms with van der Waals surface area (Å²) < 4.78 is 6.92. The second-order valence-electron chi connectivity index (χ2n) is 3.33. The molecule has 0 aromatic heterocycles. The Balaban J connectivity index is 0. The first-order valence-corrected chi connectivity index (χ1v) is 5.41. The molecular formula is C6H19N6Si-. The van der Waals surface area contributed by atoms with Gasteiger partial charge in [0.15, 0.2) is 0 Å². The average molecular weight is 203 g/mol. The van der Waals surface area contributed by atoms with Crippen LogP contribution in [0.15, 0.2) is 0 Å². The van der Waals surface area contributed by atoms with Crippen LogP contribution in [-0.4, -0.2) is 65.3 Å². The third-order valence-electron chi connectivity index (χ3n) is 1.39. The van der Waals surface area contributed by atoms with E-state index in [1.165, 1.54) is 4.91 Å². The summed E-state index contributed by atoms with van der Waals surface area (Å²) in [6.45, 7) is 0. The van der Waals surface area contributed by atoms with Gasteiger partial charge in [-0.25, -0.2) is 0 Å². The van der Waals surface area contributed by atoms with E-state index < -0.39 is 9.28 Å². The van der Waals surface area contributed by atoms with Crippen molar-refractivity contribution < 1.29 is 0 Å². The maximum absolute atomic E-state index is 6.75. The Kier molecular flexibility index (Phi) is 9.20. The molecule has 7 heteroatoms. The van der Waals surface area contributed by atoms with E-state index in [0.29, 0.717) is 0 Å². The van der Waals surface area contributed by atoms with Crippen LogP contribution >= 0.6 is 0 Å². The van der Waals surface area contributed by atoms with Gasteiger partial charge in [-0.05, 0) is 42.3 Å². The van der Waals surface area contributed by atoms with Crippen LogP contribution in [0, 0.1) is 0 Å². The van der Waals surface area contributed by atoms with Crippen LogP contribution in [0.3, 0.4) is 0 Å². The van der Waals surface area contributed by atoms with Crippen molar-refractivity contribution in [1.82, 2.24) is 13.7 Å². The van der Waals surface area contributed by atoms with E-state index in [9.17, 15) is 0 Å². The predicted octanol–water partition coefficient (Wildman–Crippen LogP) is 0.254. The van der Waals surface area contributed by atoms with Crippen LogP contribution in [0.4, 0.5) is 0 Å². The zero-order valence-electron chi connectivity index (χ0n) is 9.26. The van der Waals surface area contributed by atoms with Gasteiger partial charge in [-0.2, -0.15) is 0 Å². The van der Waals surface area contributed by atoms with E-state index in [0.717, 1.165) is 0 Å². The molecule has 6 nitrogen and oxygen atoms in total. The molecule has 0 aliphatic rings. The molecule has 0 bridgehead atoms. The van der Waals surface area contributed by atoms with Crippen molar-refractivity contribution in [2.24, 2.45) is 0 Å². The van der Waals surface area contributed by atoms with Crippen LogP contribution in [-0.2, 0) is 0 Å². The van der Waals surface area contributed by atoms with Crippen LogP contribution < -0.4 is 0 Å². The van der Waals surface area contributed by atoms with Crippen molar-refractivity contribution in [3.8, 4) is 0 Å². The molecular weight excluding hydrogens is 184 g/mol. The smallest absolute Gasteiger partial charge is 0.271 e. The van der Waals surface area contributed by atoms with Crippen LogP contribution in [0.25, 0.3) is 16.0 Å². The molecule has 78 valence electrons. The van der Waals surface area contributed by atoms with Gasteiger partial charge in [0.05, 0.1) is 0 Å². The van der Waals surface area contributed by atoms with Gasteiger partial charge >= 0.3 is 0 Å². The molecule has 0 aliphatic carbocycles. The van der Waals surface area contributed by atoms with Gasteiger partial charge in [-0.15, -0.1) is 0 Å². The number of hydrogen-bond acceptors (Lipinski definition) is 3. The molecule has 0 radical (unpaired) electrons. The van der Waals surface area contributed by atoms with Crippen molar-refractivity contribution in [1.29, 1.82) is 0 Å². The largest absolute Gasteiger partial charge is 0.373 e. The normalized spacial score (nSPS) is 10.3. The lowest BCUT2D eigenvalue weighted by molar-refractivity contribution is 0.420. The zero-order chi connectivity index (χ0) is 11.0. The van der Waals surface area contributed by atoms with E-state index >= 15 is 0 Å². The fraction of sp³-hybridized carbons (Fsp3) is 1.00. The Bertz CT molecular complexity index is 132. The molecule has 0 spiro atoms. The fourth-order valence-corrected chi connectivity index (χ4v) is 4.16. The highest BCUT2D eigenvalue weighted by atomic mass is 28.3. The Morgan fingerprint density at radius 1 is 0.769 bits per heavy atom. The zero-order valence-corrected chi connectivity index (χ0v) is 10.4. The van der Waals surface area contributed by atoms with E-state index in [4.69, 9.17) is 11.1 Å². The minimum atomic E-state index is -0.954. The lowest BCUT2D eigenvalue weighted by Gasteiger charge is -2.33. The third kappa shape index (κ3) is 7.76. The molecule has 0 saturated heterocycles. The lowest BCUT2D eigenvalue weighted by atomic mass is 11.2. The Hall–Kier alpha value is -0.593. The lowest BCUT2D eigenvalue weighted by Crippen LogP contribution is -2.55. The Morgan fingerprint density at radius 2 is 0.923 bits per heavy atom. The summed E-state index contributed by atoms with van der Waals surface area (Å²) in [5, 5.41) is 0. The van der Waals surface area contributed by atoms with Crippen LogP contribution in [0.2, 0.25) is 0 Å². The molecule has 0 amide bonds. The van der Waals surface area contributed by atoms with E-state index in [-0.39, 0.29) is 0 Å². The molecule has 0 aromatic rings. The molecule has 0 aliphatic heterocycles. The molecule has 0 unspecified atom stereocenters. The maximum atomic E-state index is 6.75. The topological polar surface area (TPSA) is 68.4 Å². The molecule has 0 atom stereocenters. The van der Waals surface area contributed by atoms with Crippen molar-refractivity contribution in [2.45, 2.75) is 0 Å². The molecule has 0 fully saturated rings. The van der Waals surface area contributed by atoms with Gasteiger partial charge in [0.1, 0.15) is 0 Å². The number of nitrogens with zero attached hydrogens (tertiary/aromatic N) is 6. The summed E-state index contributed by atoms with van der Waals surface area (Å²) >= 11 is 0. The summed E-state index contributed by atoms with van der Waals surface area (Å²) in [7, 11) is 11.9. The molecule has 0 aromatic carbocycles. The van der Waals surface area contributed by atoms with E-state index in [2.05, 4.69) is 56.0 Å². The third-order valence-corrected chi connectivity index (χ3v) is 4.16. The summed E-state index contributed by atoms with van der Waals surface area (Å²) in [6, 6.07) is 0. The highest BCUT2D eigenvalue weighted by Gasteiger charge is 2.18. The maximum Gasteiger partial charge on any atom is 0.271 e. The molecule has 0 heterocycles. The molecule has 0 N–H and O–H groups in total. The Morgan fingerprint density at radius 3 is 0.923 bits per heavy atom. The standard InChI is InChI=1S/C6H19N3Si.N3/c1-7(2)10(8(3)4)9(5)6;1-3-2/h10H,1-6H3;/q;-1.